The molecule has 126 valence electrons. The van der Waals surface area contributed by atoms with E-state index in [2.05, 4.69) is 4.90 Å². The van der Waals surface area contributed by atoms with Crippen LogP contribution in [0.1, 0.15) is 15.9 Å². The predicted octanol–water partition coefficient (Wildman–Crippen LogP) is 2.32. The highest BCUT2D eigenvalue weighted by Gasteiger charge is 2.28. The smallest absolute Gasteiger partial charge is 0.243 e. The zero-order valence-corrected chi connectivity index (χ0v) is 14.4. The fraction of sp³-hybridized carbons (Fsp3) is 0.278. The van der Waals surface area contributed by atoms with Crippen molar-refractivity contribution in [3.63, 3.8) is 0 Å². The van der Waals surface area contributed by atoms with Gasteiger partial charge in [0.25, 0.3) is 0 Å². The SMILES string of the molecule is Cc1cc(C=O)ccc1N1CCN(S(=O)(=O)c2ccccc2)CC1. The molecule has 1 aliphatic heterocycles. The summed E-state index contributed by atoms with van der Waals surface area (Å²) < 4.78 is 26.8. The Labute approximate surface area is 142 Å². The zero-order chi connectivity index (χ0) is 17.2. The number of piperazine rings is 1. The number of rotatable bonds is 4. The summed E-state index contributed by atoms with van der Waals surface area (Å²) in [5.74, 6) is 0. The van der Waals surface area contributed by atoms with Crippen LogP contribution in [0.3, 0.4) is 0 Å². The number of hydrogen-bond donors (Lipinski definition) is 0. The van der Waals surface area contributed by atoms with Gasteiger partial charge in [-0.3, -0.25) is 4.79 Å². The molecule has 0 amide bonds. The van der Waals surface area contributed by atoms with Gasteiger partial charge in [-0.15, -0.1) is 0 Å². The molecule has 6 heteroatoms. The number of aryl methyl sites for hydroxylation is 1. The summed E-state index contributed by atoms with van der Waals surface area (Å²) in [6.45, 7) is 4.13. The van der Waals surface area contributed by atoms with Crippen molar-refractivity contribution in [1.82, 2.24) is 4.31 Å². The largest absolute Gasteiger partial charge is 0.369 e. The topological polar surface area (TPSA) is 57.7 Å². The van der Waals surface area contributed by atoms with E-state index in [1.165, 1.54) is 4.31 Å². The lowest BCUT2D eigenvalue weighted by atomic mass is 10.1. The van der Waals surface area contributed by atoms with E-state index in [1.807, 2.05) is 25.1 Å². The molecule has 0 aromatic heterocycles. The maximum atomic E-state index is 12.6. The Morgan fingerprint density at radius 3 is 2.21 bits per heavy atom. The molecule has 24 heavy (non-hydrogen) atoms. The molecule has 0 unspecified atom stereocenters. The van der Waals surface area contributed by atoms with Crippen LogP contribution in [0, 0.1) is 6.92 Å². The van der Waals surface area contributed by atoms with Gasteiger partial charge in [-0.1, -0.05) is 18.2 Å². The lowest BCUT2D eigenvalue weighted by Crippen LogP contribution is -2.48. The highest BCUT2D eigenvalue weighted by molar-refractivity contribution is 7.89. The second kappa shape index (κ2) is 6.75. The van der Waals surface area contributed by atoms with E-state index in [4.69, 9.17) is 0 Å². The minimum atomic E-state index is -3.43. The molecule has 1 heterocycles. The molecule has 1 aliphatic rings. The third-order valence-electron chi connectivity index (χ3n) is 4.32. The molecule has 0 radical (unpaired) electrons. The van der Waals surface area contributed by atoms with Crippen LogP contribution in [0.4, 0.5) is 5.69 Å². The Kier molecular flexibility index (Phi) is 4.69. The second-order valence-corrected chi connectivity index (χ2v) is 7.81. The standard InChI is InChI=1S/C18H20N2O3S/c1-15-13-16(14-21)7-8-18(15)19-9-11-20(12-10-19)24(22,23)17-5-3-2-4-6-17/h2-8,13-14H,9-12H2,1H3. The maximum Gasteiger partial charge on any atom is 0.243 e. The number of anilines is 1. The van der Waals surface area contributed by atoms with Gasteiger partial charge < -0.3 is 4.90 Å². The van der Waals surface area contributed by atoms with E-state index in [0.29, 0.717) is 36.6 Å². The van der Waals surface area contributed by atoms with E-state index >= 15 is 0 Å². The molecule has 2 aromatic carbocycles. The van der Waals surface area contributed by atoms with Crippen molar-refractivity contribution >= 4 is 22.0 Å². The molecule has 3 rings (SSSR count). The number of nitrogens with zero attached hydrogens (tertiary/aromatic N) is 2. The Hall–Kier alpha value is -2.18. The predicted molar refractivity (Wildman–Crippen MR) is 94.0 cm³/mol. The van der Waals surface area contributed by atoms with Crippen molar-refractivity contribution in [3.05, 3.63) is 59.7 Å². The van der Waals surface area contributed by atoms with Gasteiger partial charge in [-0.25, -0.2) is 8.42 Å². The molecule has 0 N–H and O–H groups in total. The molecule has 1 saturated heterocycles. The molecular formula is C18H20N2O3S. The van der Waals surface area contributed by atoms with E-state index in [0.717, 1.165) is 17.5 Å². The summed E-state index contributed by atoms with van der Waals surface area (Å²) in [6.07, 6.45) is 0.834. The van der Waals surface area contributed by atoms with Gasteiger partial charge in [0.15, 0.2) is 0 Å². The van der Waals surface area contributed by atoms with E-state index in [9.17, 15) is 13.2 Å². The Balaban J connectivity index is 1.73. The first-order chi connectivity index (χ1) is 11.5. The van der Waals surface area contributed by atoms with Crippen LogP contribution in [-0.2, 0) is 10.0 Å². The minimum Gasteiger partial charge on any atom is -0.369 e. The van der Waals surface area contributed by atoms with Crippen LogP contribution >= 0.6 is 0 Å². The highest BCUT2D eigenvalue weighted by Crippen LogP contribution is 2.24. The first-order valence-electron chi connectivity index (χ1n) is 7.88. The van der Waals surface area contributed by atoms with Gasteiger partial charge in [-0.2, -0.15) is 4.31 Å². The Morgan fingerprint density at radius 2 is 1.62 bits per heavy atom. The molecule has 0 saturated carbocycles. The molecule has 0 bridgehead atoms. The molecule has 5 nitrogen and oxygen atoms in total. The molecular weight excluding hydrogens is 324 g/mol. The van der Waals surface area contributed by atoms with E-state index < -0.39 is 10.0 Å². The normalized spacial score (nSPS) is 16.1. The summed E-state index contributed by atoms with van der Waals surface area (Å²) in [7, 11) is -3.43. The van der Waals surface area contributed by atoms with Gasteiger partial charge in [-0.05, 0) is 42.8 Å². The average molecular weight is 344 g/mol. The number of carbonyl (C=O) groups excluding carboxylic acids is 1. The van der Waals surface area contributed by atoms with Gasteiger partial charge in [0.05, 0.1) is 4.90 Å². The molecule has 1 fully saturated rings. The van der Waals surface area contributed by atoms with Crippen molar-refractivity contribution in [2.45, 2.75) is 11.8 Å². The third-order valence-corrected chi connectivity index (χ3v) is 6.23. The highest BCUT2D eigenvalue weighted by atomic mass is 32.2. The van der Waals surface area contributed by atoms with Crippen LogP contribution in [0.2, 0.25) is 0 Å². The summed E-state index contributed by atoms with van der Waals surface area (Å²) in [4.78, 5) is 13.4. The molecule has 0 aliphatic carbocycles. The maximum absolute atomic E-state index is 12.6. The molecule has 2 aromatic rings. The van der Waals surface area contributed by atoms with Crippen molar-refractivity contribution in [1.29, 1.82) is 0 Å². The quantitative estimate of drug-likeness (QED) is 0.799. The molecule has 0 spiro atoms. The van der Waals surface area contributed by atoms with Gasteiger partial charge >= 0.3 is 0 Å². The summed E-state index contributed by atoms with van der Waals surface area (Å²) >= 11 is 0. The van der Waals surface area contributed by atoms with Crippen molar-refractivity contribution in [2.24, 2.45) is 0 Å². The summed E-state index contributed by atoms with van der Waals surface area (Å²) in [5, 5.41) is 0. The zero-order valence-electron chi connectivity index (χ0n) is 13.6. The van der Waals surface area contributed by atoms with Crippen LogP contribution in [0.25, 0.3) is 0 Å². The van der Waals surface area contributed by atoms with Crippen molar-refractivity contribution < 1.29 is 13.2 Å². The summed E-state index contributed by atoms with van der Waals surface area (Å²) in [5.41, 5.74) is 2.73. The first-order valence-corrected chi connectivity index (χ1v) is 9.32. The molecule has 0 atom stereocenters. The van der Waals surface area contributed by atoms with Crippen LogP contribution in [0.15, 0.2) is 53.4 Å². The van der Waals surface area contributed by atoms with Crippen LogP contribution in [0.5, 0.6) is 0 Å². The van der Waals surface area contributed by atoms with E-state index in [1.54, 1.807) is 30.3 Å². The monoisotopic (exact) mass is 344 g/mol. The van der Waals surface area contributed by atoms with Gasteiger partial charge in [0, 0.05) is 37.4 Å². The number of benzene rings is 2. The first kappa shape index (κ1) is 16.7. The fourth-order valence-corrected chi connectivity index (χ4v) is 4.46. The number of hydrogen-bond acceptors (Lipinski definition) is 4. The number of sulfonamides is 1. The Morgan fingerprint density at radius 1 is 0.958 bits per heavy atom. The second-order valence-electron chi connectivity index (χ2n) is 5.87. The fourth-order valence-electron chi connectivity index (χ4n) is 3.02. The van der Waals surface area contributed by atoms with Gasteiger partial charge in [0.1, 0.15) is 6.29 Å². The van der Waals surface area contributed by atoms with Crippen LogP contribution in [-0.4, -0.2) is 45.2 Å². The van der Waals surface area contributed by atoms with E-state index in [-0.39, 0.29) is 0 Å². The Bertz CT molecular complexity index is 827. The number of aldehydes is 1. The van der Waals surface area contributed by atoms with Gasteiger partial charge in [0.2, 0.25) is 10.0 Å². The number of carbonyl (C=O) groups is 1. The lowest BCUT2D eigenvalue weighted by molar-refractivity contribution is 0.112. The lowest BCUT2D eigenvalue weighted by Gasteiger charge is -2.36. The minimum absolute atomic E-state index is 0.338. The summed E-state index contributed by atoms with van der Waals surface area (Å²) in [6, 6.07) is 14.1. The van der Waals surface area contributed by atoms with Crippen LogP contribution < -0.4 is 4.90 Å². The average Bonchev–Trinajstić information content (AvgIpc) is 2.62. The third kappa shape index (κ3) is 3.20. The van der Waals surface area contributed by atoms with Crippen molar-refractivity contribution in [3.8, 4) is 0 Å². The van der Waals surface area contributed by atoms with Crippen molar-refractivity contribution in [2.75, 3.05) is 31.1 Å².